The van der Waals surface area contributed by atoms with Gasteiger partial charge in [0.1, 0.15) is 4.21 Å². The van der Waals surface area contributed by atoms with Crippen LogP contribution in [0.4, 0.5) is 0 Å². The van der Waals surface area contributed by atoms with E-state index in [-0.39, 0.29) is 41.6 Å². The summed E-state index contributed by atoms with van der Waals surface area (Å²) in [5.41, 5.74) is 0. The van der Waals surface area contributed by atoms with E-state index in [2.05, 4.69) is 5.32 Å². The van der Waals surface area contributed by atoms with Gasteiger partial charge in [0.25, 0.3) is 10.0 Å². The number of thiophene rings is 1. The first-order valence-electron chi connectivity index (χ1n) is 8.10. The molecule has 0 unspecified atom stereocenters. The SMILES string of the molecule is C[C@H]1C[C@H]1C(=O)NCC(=O)N1CCN(S(=O)(=O)c2ccc(Cl)s2)CC1. The minimum absolute atomic E-state index is 0.0324. The Labute approximate surface area is 156 Å². The molecule has 2 aliphatic rings. The van der Waals surface area contributed by atoms with Gasteiger partial charge >= 0.3 is 0 Å². The number of hydrogen-bond donors (Lipinski definition) is 1. The van der Waals surface area contributed by atoms with Crippen molar-refractivity contribution in [3.8, 4) is 0 Å². The topological polar surface area (TPSA) is 86.8 Å². The summed E-state index contributed by atoms with van der Waals surface area (Å²) in [5, 5.41) is 2.67. The Hall–Kier alpha value is -1.16. The molecule has 2 fully saturated rings. The monoisotopic (exact) mass is 405 g/mol. The van der Waals surface area contributed by atoms with Gasteiger partial charge in [0.15, 0.2) is 0 Å². The van der Waals surface area contributed by atoms with Gasteiger partial charge in [-0.05, 0) is 24.5 Å². The van der Waals surface area contributed by atoms with Gasteiger partial charge in [0.2, 0.25) is 11.8 Å². The van der Waals surface area contributed by atoms with E-state index >= 15 is 0 Å². The highest BCUT2D eigenvalue weighted by Crippen LogP contribution is 2.37. The molecule has 1 aliphatic carbocycles. The third kappa shape index (κ3) is 4.16. The summed E-state index contributed by atoms with van der Waals surface area (Å²) in [6.07, 6.45) is 0.878. The summed E-state index contributed by atoms with van der Waals surface area (Å²) in [5.74, 6) is 0.177. The number of rotatable bonds is 5. The molecular formula is C15H20ClN3O4S2. The highest BCUT2D eigenvalue weighted by atomic mass is 35.5. The van der Waals surface area contributed by atoms with Crippen molar-refractivity contribution in [1.29, 1.82) is 0 Å². The zero-order valence-electron chi connectivity index (χ0n) is 13.8. The molecular weight excluding hydrogens is 386 g/mol. The van der Waals surface area contributed by atoms with Crippen molar-refractivity contribution in [1.82, 2.24) is 14.5 Å². The zero-order chi connectivity index (χ0) is 18.2. The van der Waals surface area contributed by atoms with Crippen molar-refractivity contribution in [2.24, 2.45) is 11.8 Å². The molecule has 7 nitrogen and oxygen atoms in total. The summed E-state index contributed by atoms with van der Waals surface area (Å²) < 4.78 is 27.0. The lowest BCUT2D eigenvalue weighted by Gasteiger charge is -2.33. The second kappa shape index (κ2) is 7.22. The number of amides is 2. The average molecular weight is 406 g/mol. The molecule has 10 heteroatoms. The van der Waals surface area contributed by atoms with Crippen LogP contribution >= 0.6 is 22.9 Å². The van der Waals surface area contributed by atoms with Crippen molar-refractivity contribution in [2.75, 3.05) is 32.7 Å². The number of carbonyl (C=O) groups excluding carboxylic acids is 2. The Morgan fingerprint density at radius 1 is 1.28 bits per heavy atom. The van der Waals surface area contributed by atoms with Crippen LogP contribution in [0.15, 0.2) is 16.3 Å². The molecule has 0 bridgehead atoms. The molecule has 1 aromatic rings. The molecule has 138 valence electrons. The van der Waals surface area contributed by atoms with E-state index in [9.17, 15) is 18.0 Å². The number of nitrogens with one attached hydrogen (secondary N) is 1. The lowest BCUT2D eigenvalue weighted by atomic mass is 10.3. The van der Waals surface area contributed by atoms with Crippen LogP contribution in [0.1, 0.15) is 13.3 Å². The van der Waals surface area contributed by atoms with E-state index in [1.807, 2.05) is 6.92 Å². The van der Waals surface area contributed by atoms with Crippen LogP contribution in [-0.4, -0.2) is 62.2 Å². The van der Waals surface area contributed by atoms with Gasteiger partial charge in [-0.15, -0.1) is 11.3 Å². The summed E-state index contributed by atoms with van der Waals surface area (Å²) in [7, 11) is -3.57. The maximum atomic E-state index is 12.5. The van der Waals surface area contributed by atoms with Gasteiger partial charge < -0.3 is 10.2 Å². The van der Waals surface area contributed by atoms with Crippen LogP contribution in [0, 0.1) is 11.8 Å². The first-order chi connectivity index (χ1) is 11.8. The maximum absolute atomic E-state index is 12.5. The summed E-state index contributed by atoms with van der Waals surface area (Å²) >= 11 is 6.84. The molecule has 0 aromatic carbocycles. The molecule has 1 N–H and O–H groups in total. The molecule has 3 rings (SSSR count). The normalized spacial score (nSPS) is 24.2. The fourth-order valence-corrected chi connectivity index (χ4v) is 5.89. The molecule has 2 atom stereocenters. The van der Waals surface area contributed by atoms with Gasteiger partial charge in [0.05, 0.1) is 10.9 Å². The third-order valence-corrected chi connectivity index (χ3v) is 8.19. The largest absolute Gasteiger partial charge is 0.347 e. The molecule has 1 aliphatic heterocycles. The van der Waals surface area contributed by atoms with Crippen LogP contribution in [-0.2, 0) is 19.6 Å². The van der Waals surface area contributed by atoms with Crippen molar-refractivity contribution >= 4 is 44.8 Å². The molecule has 25 heavy (non-hydrogen) atoms. The predicted molar refractivity (Wildman–Crippen MR) is 94.9 cm³/mol. The van der Waals surface area contributed by atoms with Crippen LogP contribution in [0.5, 0.6) is 0 Å². The Bertz CT molecular complexity index is 771. The Kier molecular flexibility index (Phi) is 5.38. The molecule has 2 amide bonds. The molecule has 2 heterocycles. The number of nitrogens with zero attached hydrogens (tertiary/aromatic N) is 2. The fourth-order valence-electron chi connectivity index (χ4n) is 2.83. The summed E-state index contributed by atoms with van der Waals surface area (Å²) in [6.45, 7) is 3.07. The van der Waals surface area contributed by atoms with E-state index in [0.717, 1.165) is 17.8 Å². The summed E-state index contributed by atoms with van der Waals surface area (Å²) in [6, 6.07) is 3.05. The second-order valence-corrected chi connectivity index (χ2v) is 10.3. The fraction of sp³-hybridized carbons (Fsp3) is 0.600. The number of piperazine rings is 1. The molecule has 1 saturated carbocycles. The van der Waals surface area contributed by atoms with Crippen molar-refractivity contribution < 1.29 is 18.0 Å². The lowest BCUT2D eigenvalue weighted by molar-refractivity contribution is -0.134. The van der Waals surface area contributed by atoms with Crippen LogP contribution in [0.25, 0.3) is 0 Å². The van der Waals surface area contributed by atoms with E-state index in [1.165, 1.54) is 10.4 Å². The number of hydrogen-bond acceptors (Lipinski definition) is 5. The highest BCUT2D eigenvalue weighted by molar-refractivity contribution is 7.91. The highest BCUT2D eigenvalue weighted by Gasteiger charge is 2.39. The average Bonchev–Trinajstić information content (AvgIpc) is 3.16. The number of carbonyl (C=O) groups is 2. The van der Waals surface area contributed by atoms with Crippen LogP contribution in [0.2, 0.25) is 4.34 Å². The smallest absolute Gasteiger partial charge is 0.252 e. The third-order valence-electron chi connectivity index (χ3n) is 4.59. The van der Waals surface area contributed by atoms with Gasteiger partial charge in [0, 0.05) is 32.1 Å². The number of halogens is 1. The van der Waals surface area contributed by atoms with Crippen LogP contribution in [0.3, 0.4) is 0 Å². The minimum Gasteiger partial charge on any atom is -0.347 e. The Morgan fingerprint density at radius 3 is 2.44 bits per heavy atom. The van der Waals surface area contributed by atoms with E-state index in [0.29, 0.717) is 23.3 Å². The standard InChI is InChI=1S/C15H20ClN3O4S2/c1-10-8-11(10)15(21)17-9-13(20)18-4-6-19(7-5-18)25(22,23)14-3-2-12(16)24-14/h2-3,10-11H,4-9H2,1H3,(H,17,21)/t10-,11+/m0/s1. The van der Waals surface area contributed by atoms with Gasteiger partial charge in [-0.3, -0.25) is 9.59 Å². The minimum atomic E-state index is -3.57. The zero-order valence-corrected chi connectivity index (χ0v) is 16.2. The van der Waals surface area contributed by atoms with Gasteiger partial charge in [-0.25, -0.2) is 8.42 Å². The Morgan fingerprint density at radius 2 is 1.92 bits per heavy atom. The molecule has 1 saturated heterocycles. The second-order valence-electron chi connectivity index (χ2n) is 6.38. The van der Waals surface area contributed by atoms with E-state index in [4.69, 9.17) is 11.6 Å². The predicted octanol–water partition coefficient (Wildman–Crippen LogP) is 1.01. The lowest BCUT2D eigenvalue weighted by Crippen LogP contribution is -2.52. The van der Waals surface area contributed by atoms with Crippen molar-refractivity contribution in [2.45, 2.75) is 17.6 Å². The quantitative estimate of drug-likeness (QED) is 0.791. The molecule has 0 radical (unpaired) electrons. The first kappa shape index (κ1) is 18.6. The van der Waals surface area contributed by atoms with Crippen LogP contribution < -0.4 is 5.32 Å². The maximum Gasteiger partial charge on any atom is 0.252 e. The number of sulfonamides is 1. The van der Waals surface area contributed by atoms with Crippen molar-refractivity contribution in [3.63, 3.8) is 0 Å². The summed E-state index contributed by atoms with van der Waals surface area (Å²) in [4.78, 5) is 25.5. The van der Waals surface area contributed by atoms with Gasteiger partial charge in [-0.2, -0.15) is 4.31 Å². The van der Waals surface area contributed by atoms with E-state index in [1.54, 1.807) is 11.0 Å². The van der Waals surface area contributed by atoms with Gasteiger partial charge in [-0.1, -0.05) is 18.5 Å². The molecule has 0 spiro atoms. The van der Waals surface area contributed by atoms with E-state index < -0.39 is 10.0 Å². The van der Waals surface area contributed by atoms with Crippen molar-refractivity contribution in [3.05, 3.63) is 16.5 Å². The molecule has 1 aromatic heterocycles. The Balaban J connectivity index is 1.49. The first-order valence-corrected chi connectivity index (χ1v) is 10.7.